The van der Waals surface area contributed by atoms with E-state index >= 15 is 0 Å². The number of carboxylic acids is 1. The van der Waals surface area contributed by atoms with Crippen molar-refractivity contribution in [2.45, 2.75) is 10.3 Å². The van der Waals surface area contributed by atoms with Crippen molar-refractivity contribution in [1.29, 1.82) is 0 Å². The summed E-state index contributed by atoms with van der Waals surface area (Å²) in [4.78, 5) is 25.5. The van der Waals surface area contributed by atoms with Gasteiger partial charge in [0.2, 0.25) is 11.0 Å². The van der Waals surface area contributed by atoms with E-state index in [-0.39, 0.29) is 29.9 Å². The molecule has 25 heavy (non-hydrogen) atoms. The second-order valence-corrected chi connectivity index (χ2v) is 7.83. The number of benzene rings is 1. The summed E-state index contributed by atoms with van der Waals surface area (Å²) in [5, 5.41) is 17.3. The summed E-state index contributed by atoms with van der Waals surface area (Å²) in [5.41, 5.74) is 6.21. The molecule has 2 heterocycles. The molecule has 10 heteroatoms. The Morgan fingerprint density at radius 2 is 2.04 bits per heavy atom. The van der Waals surface area contributed by atoms with Crippen LogP contribution in [0.15, 0.2) is 28.6 Å². The van der Waals surface area contributed by atoms with Gasteiger partial charge in [-0.3, -0.25) is 9.59 Å². The molecule has 0 aliphatic carbocycles. The standard InChI is InChI=1S/C15H15FN4O3S2/c16-9-3-1-8(2-4-9)10-5-20(6-11(10)13(22)23)12(21)7-24-15-19-18-14(17)25-15/h1-4,10-11H,5-7H2,(H2,17,18)(H,22,23)/t10-,11+/m0/s1. The molecule has 132 valence electrons. The number of amides is 1. The molecule has 1 saturated heterocycles. The lowest BCUT2D eigenvalue weighted by molar-refractivity contribution is -0.141. The summed E-state index contributed by atoms with van der Waals surface area (Å²) >= 11 is 2.42. The van der Waals surface area contributed by atoms with Gasteiger partial charge in [-0.1, -0.05) is 35.2 Å². The van der Waals surface area contributed by atoms with Crippen molar-refractivity contribution in [2.24, 2.45) is 5.92 Å². The molecule has 1 aromatic carbocycles. The molecule has 0 unspecified atom stereocenters. The second kappa shape index (κ2) is 7.36. The van der Waals surface area contributed by atoms with E-state index < -0.39 is 11.9 Å². The fourth-order valence-electron chi connectivity index (χ4n) is 2.80. The van der Waals surface area contributed by atoms with Crippen LogP contribution in [-0.2, 0) is 9.59 Å². The molecule has 1 aromatic heterocycles. The molecule has 2 atom stereocenters. The molecular formula is C15H15FN4O3S2. The van der Waals surface area contributed by atoms with Crippen molar-refractivity contribution in [3.05, 3.63) is 35.6 Å². The van der Waals surface area contributed by atoms with Crippen LogP contribution in [0, 0.1) is 11.7 Å². The number of hydrogen-bond donors (Lipinski definition) is 2. The molecular weight excluding hydrogens is 367 g/mol. The SMILES string of the molecule is Nc1nnc(SCC(=O)N2C[C@@H](C(=O)O)[C@H](c3ccc(F)cc3)C2)s1. The summed E-state index contributed by atoms with van der Waals surface area (Å²) in [5.74, 6) is -2.45. The lowest BCUT2D eigenvalue weighted by Crippen LogP contribution is -2.31. The topological polar surface area (TPSA) is 109 Å². The number of carboxylic acid groups (broad SMARTS) is 1. The van der Waals surface area contributed by atoms with Gasteiger partial charge in [0.15, 0.2) is 4.34 Å². The Hall–Kier alpha value is -2.20. The Morgan fingerprint density at radius 3 is 2.64 bits per heavy atom. The van der Waals surface area contributed by atoms with Crippen LogP contribution in [0.1, 0.15) is 11.5 Å². The van der Waals surface area contributed by atoms with Crippen LogP contribution in [0.5, 0.6) is 0 Å². The summed E-state index contributed by atoms with van der Waals surface area (Å²) in [7, 11) is 0. The minimum atomic E-state index is -0.964. The van der Waals surface area contributed by atoms with Crippen LogP contribution in [0.4, 0.5) is 9.52 Å². The molecule has 1 aliphatic heterocycles. The highest BCUT2D eigenvalue weighted by atomic mass is 32.2. The molecule has 0 radical (unpaired) electrons. The highest BCUT2D eigenvalue weighted by molar-refractivity contribution is 8.01. The number of carbonyl (C=O) groups excluding carboxylic acids is 1. The highest BCUT2D eigenvalue weighted by Gasteiger charge is 2.40. The van der Waals surface area contributed by atoms with E-state index in [9.17, 15) is 19.1 Å². The van der Waals surface area contributed by atoms with Crippen LogP contribution in [-0.4, -0.2) is 50.9 Å². The number of anilines is 1. The van der Waals surface area contributed by atoms with Crippen molar-refractivity contribution in [3.63, 3.8) is 0 Å². The molecule has 7 nitrogen and oxygen atoms in total. The fraction of sp³-hybridized carbons (Fsp3) is 0.333. The van der Waals surface area contributed by atoms with Crippen LogP contribution in [0.25, 0.3) is 0 Å². The third-order valence-corrected chi connectivity index (χ3v) is 5.90. The molecule has 1 amide bonds. The molecule has 1 fully saturated rings. The van der Waals surface area contributed by atoms with E-state index in [2.05, 4.69) is 10.2 Å². The smallest absolute Gasteiger partial charge is 0.308 e. The lowest BCUT2D eigenvalue weighted by atomic mass is 9.89. The second-order valence-electron chi connectivity index (χ2n) is 5.60. The number of hydrogen-bond acceptors (Lipinski definition) is 7. The number of nitrogens with zero attached hydrogens (tertiary/aromatic N) is 3. The molecule has 0 bridgehead atoms. The van der Waals surface area contributed by atoms with E-state index in [0.29, 0.717) is 21.6 Å². The normalized spacial score (nSPS) is 20.0. The maximum atomic E-state index is 13.1. The molecule has 3 rings (SSSR count). The zero-order valence-electron chi connectivity index (χ0n) is 13.0. The molecule has 0 saturated carbocycles. The van der Waals surface area contributed by atoms with E-state index in [4.69, 9.17) is 5.73 Å². The van der Waals surface area contributed by atoms with Crippen LogP contribution in [0.2, 0.25) is 0 Å². The predicted octanol–water partition coefficient (Wildman–Crippen LogP) is 1.68. The number of nitrogens with two attached hydrogens (primary N) is 1. The highest BCUT2D eigenvalue weighted by Crippen LogP contribution is 2.34. The Kier molecular flexibility index (Phi) is 5.19. The van der Waals surface area contributed by atoms with Gasteiger partial charge in [0.25, 0.3) is 0 Å². The molecule has 1 aliphatic rings. The number of aliphatic carboxylic acids is 1. The quantitative estimate of drug-likeness (QED) is 0.757. The number of rotatable bonds is 5. The van der Waals surface area contributed by atoms with Crippen LogP contribution >= 0.6 is 23.1 Å². The number of thioether (sulfide) groups is 1. The van der Waals surface area contributed by atoms with Crippen molar-refractivity contribution in [1.82, 2.24) is 15.1 Å². The first-order valence-electron chi connectivity index (χ1n) is 7.42. The number of aromatic nitrogens is 2. The van der Waals surface area contributed by atoms with E-state index in [1.54, 1.807) is 12.1 Å². The van der Waals surface area contributed by atoms with Gasteiger partial charge in [-0.2, -0.15) is 0 Å². The largest absolute Gasteiger partial charge is 0.481 e. The van der Waals surface area contributed by atoms with Gasteiger partial charge in [0.1, 0.15) is 5.82 Å². The van der Waals surface area contributed by atoms with Gasteiger partial charge in [0.05, 0.1) is 11.7 Å². The Morgan fingerprint density at radius 1 is 1.32 bits per heavy atom. The van der Waals surface area contributed by atoms with Crippen molar-refractivity contribution in [3.8, 4) is 0 Å². The monoisotopic (exact) mass is 382 g/mol. The summed E-state index contributed by atoms with van der Waals surface area (Å²) in [6, 6.07) is 5.74. The van der Waals surface area contributed by atoms with Crippen molar-refractivity contribution >= 4 is 40.1 Å². The first-order chi connectivity index (χ1) is 11.9. The van der Waals surface area contributed by atoms with E-state index in [1.165, 1.54) is 40.1 Å². The van der Waals surface area contributed by atoms with Gasteiger partial charge in [0, 0.05) is 19.0 Å². The molecule has 3 N–H and O–H groups in total. The minimum absolute atomic E-state index is 0.134. The Bertz CT molecular complexity index is 783. The third kappa shape index (κ3) is 4.07. The maximum absolute atomic E-state index is 13.1. The van der Waals surface area contributed by atoms with Gasteiger partial charge >= 0.3 is 5.97 Å². The molecule has 2 aromatic rings. The first kappa shape index (κ1) is 17.6. The van der Waals surface area contributed by atoms with Crippen molar-refractivity contribution < 1.29 is 19.1 Å². The van der Waals surface area contributed by atoms with Gasteiger partial charge < -0.3 is 15.7 Å². The zero-order valence-corrected chi connectivity index (χ0v) is 14.6. The van der Waals surface area contributed by atoms with Gasteiger partial charge in [-0.15, -0.1) is 10.2 Å². The molecule has 0 spiro atoms. The van der Waals surface area contributed by atoms with Gasteiger partial charge in [-0.05, 0) is 17.7 Å². The van der Waals surface area contributed by atoms with E-state index in [1.807, 2.05) is 0 Å². The van der Waals surface area contributed by atoms with E-state index in [0.717, 1.165) is 0 Å². The zero-order chi connectivity index (χ0) is 18.0. The van der Waals surface area contributed by atoms with Crippen molar-refractivity contribution in [2.75, 3.05) is 24.6 Å². The fourth-order valence-corrected chi connectivity index (χ4v) is 4.34. The minimum Gasteiger partial charge on any atom is -0.481 e. The summed E-state index contributed by atoms with van der Waals surface area (Å²) < 4.78 is 13.7. The van der Waals surface area contributed by atoms with Gasteiger partial charge in [-0.25, -0.2) is 4.39 Å². The lowest BCUT2D eigenvalue weighted by Gasteiger charge is -2.16. The average Bonchev–Trinajstić information content (AvgIpc) is 3.20. The first-order valence-corrected chi connectivity index (χ1v) is 9.22. The van der Waals surface area contributed by atoms with Crippen LogP contribution < -0.4 is 5.73 Å². The average molecular weight is 382 g/mol. The Labute approximate surface area is 151 Å². The number of carbonyl (C=O) groups is 2. The van der Waals surface area contributed by atoms with Crippen LogP contribution in [0.3, 0.4) is 0 Å². The summed E-state index contributed by atoms with van der Waals surface area (Å²) in [6.07, 6.45) is 0. The Balaban J connectivity index is 1.67. The number of halogens is 1. The predicted molar refractivity (Wildman–Crippen MR) is 91.9 cm³/mol. The number of likely N-dealkylation sites (tertiary alicyclic amines) is 1. The third-order valence-electron chi connectivity index (χ3n) is 4.03. The summed E-state index contributed by atoms with van der Waals surface area (Å²) in [6.45, 7) is 0.426. The maximum Gasteiger partial charge on any atom is 0.308 e. The number of nitrogen functional groups attached to an aromatic ring is 1.